The third kappa shape index (κ3) is 3.80. The van der Waals surface area contributed by atoms with Gasteiger partial charge in [-0.1, -0.05) is 18.2 Å². The highest BCUT2D eigenvalue weighted by molar-refractivity contribution is 5.68. The number of nitrogens with one attached hydrogen (secondary N) is 1. The van der Waals surface area contributed by atoms with Gasteiger partial charge in [-0.15, -0.1) is 13.2 Å². The maximum Gasteiger partial charge on any atom is 0.573 e. The first kappa shape index (κ1) is 13.1. The maximum atomic E-state index is 12.3. The van der Waals surface area contributed by atoms with Crippen LogP contribution in [-0.2, 0) is 0 Å². The van der Waals surface area contributed by atoms with Gasteiger partial charge in [-0.25, -0.2) is 0 Å². The summed E-state index contributed by atoms with van der Waals surface area (Å²) in [6.07, 6.45) is -4.73. The molecule has 3 N–H and O–H groups in total. The van der Waals surface area contributed by atoms with E-state index < -0.39 is 6.36 Å². The quantitative estimate of drug-likeness (QED) is 0.830. The molecule has 19 heavy (non-hydrogen) atoms. The predicted octanol–water partition coefficient (Wildman–Crippen LogP) is 3.91. The van der Waals surface area contributed by atoms with Crippen molar-refractivity contribution in [1.82, 2.24) is 0 Å². The summed E-state index contributed by atoms with van der Waals surface area (Å²) in [6.45, 7) is 0. The number of hydrogen-bond donors (Lipinski definition) is 2. The number of benzene rings is 2. The molecule has 0 heterocycles. The lowest BCUT2D eigenvalue weighted by molar-refractivity contribution is -0.274. The first-order valence-electron chi connectivity index (χ1n) is 5.41. The summed E-state index contributed by atoms with van der Waals surface area (Å²) >= 11 is 0. The zero-order chi connectivity index (χ0) is 13.9. The smallest absolute Gasteiger partial charge is 0.404 e. The van der Waals surface area contributed by atoms with Crippen LogP contribution in [0.4, 0.5) is 30.2 Å². The molecule has 0 bridgehead atoms. The van der Waals surface area contributed by atoms with Gasteiger partial charge in [0.1, 0.15) is 0 Å². The Morgan fingerprint density at radius 1 is 1.00 bits per heavy atom. The topological polar surface area (TPSA) is 47.3 Å². The molecule has 0 saturated carbocycles. The summed E-state index contributed by atoms with van der Waals surface area (Å²) in [5.41, 5.74) is 6.91. The molecule has 2 rings (SSSR count). The zero-order valence-corrected chi connectivity index (χ0v) is 9.74. The Kier molecular flexibility index (Phi) is 3.50. The summed E-state index contributed by atoms with van der Waals surface area (Å²) in [5.74, 6) is -0.294. The minimum Gasteiger partial charge on any atom is -0.404 e. The van der Waals surface area contributed by atoms with Gasteiger partial charge in [0.25, 0.3) is 0 Å². The van der Waals surface area contributed by atoms with E-state index in [-0.39, 0.29) is 11.4 Å². The fourth-order valence-corrected chi connectivity index (χ4v) is 1.56. The highest BCUT2D eigenvalue weighted by Gasteiger charge is 2.32. The highest BCUT2D eigenvalue weighted by atomic mass is 19.4. The van der Waals surface area contributed by atoms with Gasteiger partial charge in [-0.05, 0) is 30.3 Å². The fraction of sp³-hybridized carbons (Fsp3) is 0.0769. The number of alkyl halides is 3. The second kappa shape index (κ2) is 5.09. The average Bonchev–Trinajstić information content (AvgIpc) is 2.30. The molecular weight excluding hydrogens is 257 g/mol. The van der Waals surface area contributed by atoms with Crippen molar-refractivity contribution < 1.29 is 17.9 Å². The van der Waals surface area contributed by atoms with Crippen LogP contribution in [0.15, 0.2) is 48.5 Å². The van der Waals surface area contributed by atoms with E-state index in [4.69, 9.17) is 5.73 Å². The van der Waals surface area contributed by atoms with Crippen molar-refractivity contribution in [3.05, 3.63) is 48.5 Å². The Labute approximate surface area is 107 Å². The number of para-hydroxylation sites is 2. The molecule has 0 saturated heterocycles. The normalized spacial score (nSPS) is 11.1. The van der Waals surface area contributed by atoms with E-state index >= 15 is 0 Å². The van der Waals surface area contributed by atoms with Crippen LogP contribution in [0.5, 0.6) is 5.75 Å². The molecule has 0 amide bonds. The molecule has 3 nitrogen and oxygen atoms in total. The van der Waals surface area contributed by atoms with Crippen LogP contribution < -0.4 is 15.8 Å². The van der Waals surface area contributed by atoms with Gasteiger partial charge in [0, 0.05) is 11.4 Å². The first-order chi connectivity index (χ1) is 8.94. The van der Waals surface area contributed by atoms with Gasteiger partial charge < -0.3 is 15.8 Å². The van der Waals surface area contributed by atoms with Crippen molar-refractivity contribution in [2.75, 3.05) is 11.1 Å². The molecule has 0 spiro atoms. The van der Waals surface area contributed by atoms with E-state index in [2.05, 4.69) is 10.1 Å². The largest absolute Gasteiger partial charge is 0.573 e. The maximum absolute atomic E-state index is 12.3. The summed E-state index contributed by atoms with van der Waals surface area (Å²) in [6, 6.07) is 12.5. The van der Waals surface area contributed by atoms with Crippen LogP contribution in [0.1, 0.15) is 0 Å². The molecule has 2 aromatic rings. The van der Waals surface area contributed by atoms with Crippen LogP contribution in [0, 0.1) is 0 Å². The number of halogens is 3. The highest BCUT2D eigenvalue weighted by Crippen LogP contribution is 2.32. The lowest BCUT2D eigenvalue weighted by atomic mass is 10.2. The predicted molar refractivity (Wildman–Crippen MR) is 67.3 cm³/mol. The summed E-state index contributed by atoms with van der Waals surface area (Å²) in [7, 11) is 0. The lowest BCUT2D eigenvalue weighted by Crippen LogP contribution is -2.17. The molecule has 0 aromatic heterocycles. The minimum absolute atomic E-state index is 0.213. The van der Waals surface area contributed by atoms with E-state index in [9.17, 15) is 13.2 Å². The van der Waals surface area contributed by atoms with Gasteiger partial charge in [0.15, 0.2) is 5.75 Å². The monoisotopic (exact) mass is 268 g/mol. The number of rotatable bonds is 3. The van der Waals surface area contributed by atoms with Crippen molar-refractivity contribution in [2.24, 2.45) is 0 Å². The molecule has 0 unspecified atom stereocenters. The number of hydrogen-bond acceptors (Lipinski definition) is 3. The Hall–Kier alpha value is -2.37. The third-order valence-corrected chi connectivity index (χ3v) is 2.28. The van der Waals surface area contributed by atoms with Crippen LogP contribution in [0.3, 0.4) is 0 Å². The first-order valence-corrected chi connectivity index (χ1v) is 5.41. The van der Waals surface area contributed by atoms with E-state index in [1.54, 1.807) is 30.3 Å². The van der Waals surface area contributed by atoms with Gasteiger partial charge in [-0.3, -0.25) is 0 Å². The van der Waals surface area contributed by atoms with Crippen molar-refractivity contribution in [3.63, 3.8) is 0 Å². The number of nitrogen functional groups attached to an aromatic ring is 1. The lowest BCUT2D eigenvalue weighted by Gasteiger charge is -2.14. The SMILES string of the molecule is Nc1cccc(Nc2ccccc2OC(F)(F)F)c1. The molecule has 0 aliphatic heterocycles. The second-order valence-electron chi connectivity index (χ2n) is 3.79. The van der Waals surface area contributed by atoms with E-state index in [0.29, 0.717) is 11.4 Å². The van der Waals surface area contributed by atoms with E-state index in [0.717, 1.165) is 0 Å². The van der Waals surface area contributed by atoms with Crippen molar-refractivity contribution in [3.8, 4) is 5.75 Å². The molecule has 0 atom stereocenters. The summed E-state index contributed by atoms with van der Waals surface area (Å²) in [4.78, 5) is 0. The van der Waals surface area contributed by atoms with E-state index in [1.807, 2.05) is 0 Å². The molecule has 6 heteroatoms. The number of nitrogens with two attached hydrogens (primary N) is 1. The summed E-state index contributed by atoms with van der Waals surface area (Å²) in [5, 5.41) is 2.83. The summed E-state index contributed by atoms with van der Waals surface area (Å²) < 4.78 is 40.7. The molecule has 100 valence electrons. The van der Waals surface area contributed by atoms with Crippen LogP contribution in [-0.4, -0.2) is 6.36 Å². The second-order valence-corrected chi connectivity index (χ2v) is 3.79. The Bertz CT molecular complexity index is 570. The van der Waals surface area contributed by atoms with Crippen molar-refractivity contribution in [2.45, 2.75) is 6.36 Å². The Morgan fingerprint density at radius 2 is 1.74 bits per heavy atom. The fourth-order valence-electron chi connectivity index (χ4n) is 1.56. The molecule has 0 aliphatic carbocycles. The molecule has 0 radical (unpaired) electrons. The van der Waals surface area contributed by atoms with Crippen molar-refractivity contribution in [1.29, 1.82) is 0 Å². The third-order valence-electron chi connectivity index (χ3n) is 2.28. The average molecular weight is 268 g/mol. The van der Waals surface area contributed by atoms with Crippen molar-refractivity contribution >= 4 is 17.1 Å². The van der Waals surface area contributed by atoms with Gasteiger partial charge in [0.05, 0.1) is 5.69 Å². The standard InChI is InChI=1S/C13H11F3N2O/c14-13(15,16)19-12-7-2-1-6-11(12)18-10-5-3-4-9(17)8-10/h1-8,18H,17H2. The van der Waals surface area contributed by atoms with Crippen LogP contribution in [0.2, 0.25) is 0 Å². The van der Waals surface area contributed by atoms with Gasteiger partial charge in [-0.2, -0.15) is 0 Å². The number of anilines is 3. The number of ether oxygens (including phenoxy) is 1. The zero-order valence-electron chi connectivity index (χ0n) is 9.74. The molecular formula is C13H11F3N2O. The van der Waals surface area contributed by atoms with Crippen LogP contribution in [0.25, 0.3) is 0 Å². The van der Waals surface area contributed by atoms with E-state index in [1.165, 1.54) is 18.2 Å². The molecule has 2 aromatic carbocycles. The Morgan fingerprint density at radius 3 is 2.42 bits per heavy atom. The van der Waals surface area contributed by atoms with Gasteiger partial charge >= 0.3 is 6.36 Å². The Balaban J connectivity index is 2.25. The molecule has 0 fully saturated rings. The van der Waals surface area contributed by atoms with Crippen LogP contribution >= 0.6 is 0 Å². The van der Waals surface area contributed by atoms with Gasteiger partial charge in [0.2, 0.25) is 0 Å². The minimum atomic E-state index is -4.73. The molecule has 0 aliphatic rings.